The normalized spacial score (nSPS) is 15.3. The summed E-state index contributed by atoms with van der Waals surface area (Å²) in [4.78, 5) is 6.91. The zero-order chi connectivity index (χ0) is 13.9. The van der Waals surface area contributed by atoms with E-state index < -0.39 is 0 Å². The van der Waals surface area contributed by atoms with Gasteiger partial charge in [0.15, 0.2) is 0 Å². The van der Waals surface area contributed by atoms with Crippen molar-refractivity contribution >= 4 is 11.5 Å². The van der Waals surface area contributed by atoms with Crippen LogP contribution in [0.2, 0.25) is 0 Å². The topological polar surface area (TPSA) is 51.4 Å². The number of aromatic nitrogens is 1. The van der Waals surface area contributed by atoms with Gasteiger partial charge in [-0.3, -0.25) is 0 Å². The maximum Gasteiger partial charge on any atom is 0.131 e. The molecule has 20 heavy (non-hydrogen) atoms. The van der Waals surface area contributed by atoms with E-state index in [2.05, 4.69) is 22.9 Å². The molecule has 104 valence electrons. The molecule has 1 aromatic heterocycles. The lowest BCUT2D eigenvalue weighted by Gasteiger charge is -2.29. The highest BCUT2D eigenvalue weighted by Gasteiger charge is 2.15. The summed E-state index contributed by atoms with van der Waals surface area (Å²) < 4.78 is 5.38. The second-order valence-electron chi connectivity index (χ2n) is 5.05. The first-order valence-corrected chi connectivity index (χ1v) is 6.90. The van der Waals surface area contributed by atoms with Gasteiger partial charge in [0.2, 0.25) is 0 Å². The molecule has 0 amide bonds. The Hall–Kier alpha value is -2.07. The van der Waals surface area contributed by atoms with E-state index in [1.807, 2.05) is 30.5 Å². The average Bonchev–Trinajstić information content (AvgIpc) is 2.48. The molecule has 1 aromatic carbocycles. The Morgan fingerprint density at radius 3 is 2.65 bits per heavy atom. The molecule has 1 aliphatic heterocycles. The Morgan fingerprint density at radius 2 is 1.95 bits per heavy atom. The number of hydrogen-bond donors (Lipinski definition) is 1. The van der Waals surface area contributed by atoms with Crippen LogP contribution in [-0.4, -0.2) is 31.3 Å². The van der Waals surface area contributed by atoms with Crippen molar-refractivity contribution in [2.24, 2.45) is 0 Å². The molecular weight excluding hydrogens is 250 g/mol. The van der Waals surface area contributed by atoms with Crippen LogP contribution in [0.1, 0.15) is 5.56 Å². The van der Waals surface area contributed by atoms with Crippen molar-refractivity contribution in [1.29, 1.82) is 0 Å². The van der Waals surface area contributed by atoms with Gasteiger partial charge >= 0.3 is 0 Å². The Balaban J connectivity index is 1.93. The fourth-order valence-corrected chi connectivity index (χ4v) is 2.58. The summed E-state index contributed by atoms with van der Waals surface area (Å²) in [6.45, 7) is 5.45. The molecule has 2 heterocycles. The van der Waals surface area contributed by atoms with E-state index in [0.717, 1.165) is 48.9 Å². The molecule has 0 spiro atoms. The maximum atomic E-state index is 6.03. The second-order valence-corrected chi connectivity index (χ2v) is 5.05. The first-order valence-electron chi connectivity index (χ1n) is 6.90. The molecule has 2 N–H and O–H groups in total. The number of para-hydroxylation sites is 1. The van der Waals surface area contributed by atoms with Crippen molar-refractivity contribution in [3.8, 4) is 11.1 Å². The minimum absolute atomic E-state index is 0.772. The first-order chi connectivity index (χ1) is 9.75. The fraction of sp³-hybridized carbons (Fsp3) is 0.312. The molecule has 1 aliphatic rings. The van der Waals surface area contributed by atoms with Crippen LogP contribution >= 0.6 is 0 Å². The van der Waals surface area contributed by atoms with Crippen LogP contribution in [0.15, 0.2) is 36.5 Å². The van der Waals surface area contributed by atoms with Crippen LogP contribution in [-0.2, 0) is 4.74 Å². The van der Waals surface area contributed by atoms with Crippen molar-refractivity contribution < 1.29 is 4.74 Å². The summed E-state index contributed by atoms with van der Waals surface area (Å²) >= 11 is 0. The number of rotatable bonds is 2. The quantitative estimate of drug-likeness (QED) is 0.851. The molecule has 3 rings (SSSR count). The van der Waals surface area contributed by atoms with Gasteiger partial charge < -0.3 is 15.4 Å². The summed E-state index contributed by atoms with van der Waals surface area (Å²) in [6.07, 6.45) is 1.91. The lowest BCUT2D eigenvalue weighted by Crippen LogP contribution is -2.37. The van der Waals surface area contributed by atoms with Gasteiger partial charge in [-0.1, -0.05) is 18.2 Å². The first kappa shape index (κ1) is 12.9. The summed E-state index contributed by atoms with van der Waals surface area (Å²) in [5, 5.41) is 0. The molecule has 1 fully saturated rings. The number of anilines is 2. The molecule has 0 saturated carbocycles. The number of ether oxygens (including phenoxy) is 1. The minimum atomic E-state index is 0.772. The molecule has 1 saturated heterocycles. The summed E-state index contributed by atoms with van der Waals surface area (Å²) in [7, 11) is 0. The third-order valence-electron chi connectivity index (χ3n) is 3.63. The highest BCUT2D eigenvalue weighted by Crippen LogP contribution is 2.28. The van der Waals surface area contributed by atoms with E-state index in [-0.39, 0.29) is 0 Å². The van der Waals surface area contributed by atoms with E-state index in [0.29, 0.717) is 0 Å². The van der Waals surface area contributed by atoms with Crippen molar-refractivity contribution in [2.75, 3.05) is 36.9 Å². The van der Waals surface area contributed by atoms with Gasteiger partial charge in [-0.25, -0.2) is 4.98 Å². The van der Waals surface area contributed by atoms with Gasteiger partial charge in [0.25, 0.3) is 0 Å². The molecule has 0 atom stereocenters. The van der Waals surface area contributed by atoms with Gasteiger partial charge in [0.05, 0.1) is 13.2 Å². The lowest BCUT2D eigenvalue weighted by molar-refractivity contribution is 0.122. The molecule has 0 unspecified atom stereocenters. The van der Waals surface area contributed by atoms with Crippen molar-refractivity contribution in [3.05, 3.63) is 42.1 Å². The largest absolute Gasteiger partial charge is 0.398 e. The predicted molar refractivity (Wildman–Crippen MR) is 81.9 cm³/mol. The molecular formula is C16H19N3O. The number of benzene rings is 1. The van der Waals surface area contributed by atoms with E-state index in [4.69, 9.17) is 10.5 Å². The number of pyridine rings is 1. The Kier molecular flexibility index (Phi) is 3.56. The number of aryl methyl sites for hydroxylation is 1. The van der Waals surface area contributed by atoms with Crippen LogP contribution in [0.5, 0.6) is 0 Å². The van der Waals surface area contributed by atoms with E-state index in [1.54, 1.807) is 0 Å². The van der Waals surface area contributed by atoms with Crippen LogP contribution in [0.4, 0.5) is 11.5 Å². The molecule has 4 heteroatoms. The zero-order valence-corrected chi connectivity index (χ0v) is 11.7. The second kappa shape index (κ2) is 5.51. The van der Waals surface area contributed by atoms with Crippen LogP contribution < -0.4 is 10.6 Å². The zero-order valence-electron chi connectivity index (χ0n) is 11.7. The van der Waals surface area contributed by atoms with Crippen molar-refractivity contribution in [3.63, 3.8) is 0 Å². The lowest BCUT2D eigenvalue weighted by atomic mass is 10.0. The Labute approximate surface area is 119 Å². The van der Waals surface area contributed by atoms with Gasteiger partial charge in [-0.05, 0) is 24.6 Å². The van der Waals surface area contributed by atoms with Gasteiger partial charge in [-0.15, -0.1) is 0 Å². The molecule has 0 aliphatic carbocycles. The number of nitrogens with two attached hydrogens (primary N) is 1. The Morgan fingerprint density at radius 1 is 1.20 bits per heavy atom. The third-order valence-corrected chi connectivity index (χ3v) is 3.63. The van der Waals surface area contributed by atoms with Crippen molar-refractivity contribution in [1.82, 2.24) is 4.98 Å². The fourth-order valence-electron chi connectivity index (χ4n) is 2.58. The molecule has 2 aromatic rings. The minimum Gasteiger partial charge on any atom is -0.398 e. The average molecular weight is 269 g/mol. The molecule has 4 nitrogen and oxygen atoms in total. The van der Waals surface area contributed by atoms with E-state index >= 15 is 0 Å². The maximum absolute atomic E-state index is 6.03. The standard InChI is InChI=1S/C16H19N3O/c1-12-10-13(14-4-2-3-5-15(14)17)11-18-16(12)19-6-8-20-9-7-19/h2-5,10-11H,6-9,17H2,1H3. The third kappa shape index (κ3) is 2.47. The SMILES string of the molecule is Cc1cc(-c2ccccc2N)cnc1N1CCOCC1. The Bertz CT molecular complexity index is 606. The number of nitrogens with zero attached hydrogens (tertiary/aromatic N) is 2. The van der Waals surface area contributed by atoms with Gasteiger partial charge in [-0.2, -0.15) is 0 Å². The van der Waals surface area contributed by atoms with E-state index in [1.165, 1.54) is 5.56 Å². The monoisotopic (exact) mass is 269 g/mol. The number of nitrogen functional groups attached to an aromatic ring is 1. The number of morpholine rings is 1. The predicted octanol–water partition coefficient (Wildman–Crippen LogP) is 2.48. The smallest absolute Gasteiger partial charge is 0.131 e. The molecule has 0 bridgehead atoms. The summed E-state index contributed by atoms with van der Waals surface area (Å²) in [5.74, 6) is 1.05. The van der Waals surface area contributed by atoms with E-state index in [9.17, 15) is 0 Å². The van der Waals surface area contributed by atoms with Crippen LogP contribution in [0.3, 0.4) is 0 Å². The highest BCUT2D eigenvalue weighted by molar-refractivity contribution is 5.76. The summed E-state index contributed by atoms with van der Waals surface area (Å²) in [5.41, 5.74) is 10.1. The van der Waals surface area contributed by atoms with Gasteiger partial charge in [0.1, 0.15) is 5.82 Å². The van der Waals surface area contributed by atoms with Crippen LogP contribution in [0.25, 0.3) is 11.1 Å². The molecule has 0 radical (unpaired) electrons. The summed E-state index contributed by atoms with van der Waals surface area (Å²) in [6, 6.07) is 10.0. The highest BCUT2D eigenvalue weighted by atomic mass is 16.5. The van der Waals surface area contributed by atoms with Crippen molar-refractivity contribution in [2.45, 2.75) is 6.92 Å². The van der Waals surface area contributed by atoms with Gasteiger partial charge in [0, 0.05) is 36.1 Å². The van der Waals surface area contributed by atoms with Crippen LogP contribution in [0, 0.1) is 6.92 Å². The number of hydrogen-bond acceptors (Lipinski definition) is 4.